The van der Waals surface area contributed by atoms with Gasteiger partial charge in [0.2, 0.25) is 0 Å². The normalized spacial score (nSPS) is 35.1. The van der Waals surface area contributed by atoms with Crippen LogP contribution < -0.4 is 5.32 Å². The van der Waals surface area contributed by atoms with E-state index < -0.39 is 0 Å². The molecule has 0 aromatic carbocycles. The molecule has 0 aromatic rings. The van der Waals surface area contributed by atoms with Gasteiger partial charge in [-0.05, 0) is 31.4 Å². The molecule has 2 rings (SSSR count). The van der Waals surface area contributed by atoms with Crippen LogP contribution in [0.5, 0.6) is 0 Å². The fourth-order valence-corrected chi connectivity index (χ4v) is 3.22. The number of nitrogens with one attached hydrogen (secondary N) is 1. The average molecular weight is 201 g/mol. The van der Waals surface area contributed by atoms with E-state index in [0.29, 0.717) is 6.04 Å². The minimum Gasteiger partial charge on any atom is -0.380 e. The molecule has 0 bridgehead atoms. The molecule has 76 valence electrons. The van der Waals surface area contributed by atoms with Crippen molar-refractivity contribution < 1.29 is 4.74 Å². The largest absolute Gasteiger partial charge is 0.380 e. The monoisotopic (exact) mass is 201 g/mol. The zero-order valence-corrected chi connectivity index (χ0v) is 8.94. The van der Waals surface area contributed by atoms with Crippen molar-refractivity contribution in [2.45, 2.75) is 37.0 Å². The first kappa shape index (κ1) is 9.81. The van der Waals surface area contributed by atoms with Crippen molar-refractivity contribution in [1.29, 1.82) is 0 Å². The van der Waals surface area contributed by atoms with Gasteiger partial charge in [-0.2, -0.15) is 11.8 Å². The summed E-state index contributed by atoms with van der Waals surface area (Å²) in [4.78, 5) is 0. The zero-order chi connectivity index (χ0) is 8.93. The van der Waals surface area contributed by atoms with Gasteiger partial charge in [0.1, 0.15) is 0 Å². The summed E-state index contributed by atoms with van der Waals surface area (Å²) in [7, 11) is 0. The first-order valence-electron chi connectivity index (χ1n) is 5.38. The van der Waals surface area contributed by atoms with Crippen LogP contribution in [-0.4, -0.2) is 36.8 Å². The van der Waals surface area contributed by atoms with Gasteiger partial charge in [0.25, 0.3) is 0 Å². The molecule has 2 nitrogen and oxygen atoms in total. The number of thioether (sulfide) groups is 1. The Morgan fingerprint density at radius 1 is 1.31 bits per heavy atom. The van der Waals surface area contributed by atoms with Gasteiger partial charge in [-0.15, -0.1) is 0 Å². The lowest BCUT2D eigenvalue weighted by Crippen LogP contribution is -2.39. The standard InChI is InChI=1S/C10H19NOS/c1-3-9(8-12-5-1)11-7-10-4-2-6-13-10/h9-11H,1-8H2. The van der Waals surface area contributed by atoms with Crippen molar-refractivity contribution in [3.63, 3.8) is 0 Å². The van der Waals surface area contributed by atoms with Crippen LogP contribution >= 0.6 is 11.8 Å². The number of rotatable bonds is 3. The second-order valence-corrected chi connectivity index (χ2v) is 5.37. The van der Waals surface area contributed by atoms with E-state index in [2.05, 4.69) is 17.1 Å². The van der Waals surface area contributed by atoms with Crippen molar-refractivity contribution in [2.75, 3.05) is 25.5 Å². The molecule has 0 amide bonds. The molecule has 1 N–H and O–H groups in total. The second kappa shape index (κ2) is 5.23. The van der Waals surface area contributed by atoms with E-state index in [-0.39, 0.29) is 0 Å². The van der Waals surface area contributed by atoms with Crippen molar-refractivity contribution in [2.24, 2.45) is 0 Å². The molecule has 0 spiro atoms. The molecule has 2 unspecified atom stereocenters. The van der Waals surface area contributed by atoms with Crippen molar-refractivity contribution >= 4 is 11.8 Å². The third-order valence-electron chi connectivity index (χ3n) is 2.82. The summed E-state index contributed by atoms with van der Waals surface area (Å²) >= 11 is 2.13. The molecule has 2 saturated heterocycles. The molecule has 2 fully saturated rings. The summed E-state index contributed by atoms with van der Waals surface area (Å²) in [6.07, 6.45) is 5.36. The number of ether oxygens (including phenoxy) is 1. The lowest BCUT2D eigenvalue weighted by Gasteiger charge is -2.24. The van der Waals surface area contributed by atoms with Crippen LogP contribution in [0.25, 0.3) is 0 Å². The summed E-state index contributed by atoms with van der Waals surface area (Å²) in [6.45, 7) is 3.09. The predicted molar refractivity (Wildman–Crippen MR) is 57.3 cm³/mol. The van der Waals surface area contributed by atoms with E-state index in [1.807, 2.05) is 0 Å². The van der Waals surface area contributed by atoms with Crippen LogP contribution in [0, 0.1) is 0 Å². The van der Waals surface area contributed by atoms with Gasteiger partial charge in [0, 0.05) is 24.4 Å². The molecule has 2 heterocycles. The van der Waals surface area contributed by atoms with Crippen molar-refractivity contribution in [3.05, 3.63) is 0 Å². The van der Waals surface area contributed by atoms with Gasteiger partial charge >= 0.3 is 0 Å². The predicted octanol–water partition coefficient (Wildman–Crippen LogP) is 1.65. The Kier molecular flexibility index (Phi) is 3.94. The Labute approximate surface area is 84.8 Å². The Morgan fingerprint density at radius 2 is 2.31 bits per heavy atom. The van der Waals surface area contributed by atoms with Gasteiger partial charge in [-0.25, -0.2) is 0 Å². The third-order valence-corrected chi connectivity index (χ3v) is 4.22. The summed E-state index contributed by atoms with van der Waals surface area (Å²) in [5.74, 6) is 1.37. The molecule has 0 aromatic heterocycles. The average Bonchev–Trinajstić information content (AvgIpc) is 2.69. The third kappa shape index (κ3) is 3.15. The van der Waals surface area contributed by atoms with Gasteiger partial charge in [0.05, 0.1) is 6.61 Å². The van der Waals surface area contributed by atoms with Crippen LogP contribution in [-0.2, 0) is 4.74 Å². The highest BCUT2D eigenvalue weighted by Crippen LogP contribution is 2.25. The summed E-state index contributed by atoms with van der Waals surface area (Å²) < 4.78 is 5.43. The van der Waals surface area contributed by atoms with Crippen LogP contribution in [0.4, 0.5) is 0 Å². The van der Waals surface area contributed by atoms with E-state index in [0.717, 1.165) is 18.5 Å². The molecule has 2 atom stereocenters. The number of hydrogen-bond acceptors (Lipinski definition) is 3. The molecular formula is C10H19NOS. The Morgan fingerprint density at radius 3 is 3.00 bits per heavy atom. The van der Waals surface area contributed by atoms with Gasteiger partial charge in [0.15, 0.2) is 0 Å². The Balaban J connectivity index is 1.60. The maximum Gasteiger partial charge on any atom is 0.0619 e. The lowest BCUT2D eigenvalue weighted by molar-refractivity contribution is 0.0706. The summed E-state index contributed by atoms with van der Waals surface area (Å²) in [6, 6.07) is 0.634. The van der Waals surface area contributed by atoms with Crippen LogP contribution in [0.3, 0.4) is 0 Å². The molecule has 3 heteroatoms. The molecule has 2 aliphatic rings. The van der Waals surface area contributed by atoms with E-state index in [1.165, 1.54) is 38.0 Å². The second-order valence-electron chi connectivity index (χ2n) is 3.96. The number of hydrogen-bond donors (Lipinski definition) is 1. The summed E-state index contributed by atoms with van der Waals surface area (Å²) in [5, 5.41) is 4.49. The molecule has 0 aliphatic carbocycles. The highest BCUT2D eigenvalue weighted by molar-refractivity contribution is 8.00. The summed E-state index contributed by atoms with van der Waals surface area (Å²) in [5.41, 5.74) is 0. The maximum absolute atomic E-state index is 5.43. The van der Waals surface area contributed by atoms with Crippen LogP contribution in [0.2, 0.25) is 0 Å². The van der Waals surface area contributed by atoms with E-state index >= 15 is 0 Å². The molecular weight excluding hydrogens is 182 g/mol. The van der Waals surface area contributed by atoms with Crippen molar-refractivity contribution in [1.82, 2.24) is 5.32 Å². The minimum absolute atomic E-state index is 0.634. The smallest absolute Gasteiger partial charge is 0.0619 e. The van der Waals surface area contributed by atoms with E-state index in [1.54, 1.807) is 0 Å². The Bertz CT molecular complexity index is 142. The Hall–Kier alpha value is 0.270. The van der Waals surface area contributed by atoms with E-state index in [9.17, 15) is 0 Å². The lowest BCUT2D eigenvalue weighted by atomic mass is 10.1. The first-order chi connectivity index (χ1) is 6.45. The highest BCUT2D eigenvalue weighted by Gasteiger charge is 2.18. The molecule has 2 aliphatic heterocycles. The quantitative estimate of drug-likeness (QED) is 0.750. The molecule has 0 radical (unpaired) electrons. The van der Waals surface area contributed by atoms with Crippen molar-refractivity contribution in [3.8, 4) is 0 Å². The minimum atomic E-state index is 0.634. The zero-order valence-electron chi connectivity index (χ0n) is 8.13. The van der Waals surface area contributed by atoms with Gasteiger partial charge in [-0.3, -0.25) is 0 Å². The maximum atomic E-state index is 5.43. The van der Waals surface area contributed by atoms with Crippen LogP contribution in [0.1, 0.15) is 25.7 Å². The SMILES string of the molecule is C1COCC(NCC2CCCS2)C1. The topological polar surface area (TPSA) is 21.3 Å². The van der Waals surface area contributed by atoms with Crippen LogP contribution in [0.15, 0.2) is 0 Å². The van der Waals surface area contributed by atoms with Gasteiger partial charge < -0.3 is 10.1 Å². The fourth-order valence-electron chi connectivity index (χ4n) is 2.01. The van der Waals surface area contributed by atoms with E-state index in [4.69, 9.17) is 4.74 Å². The highest BCUT2D eigenvalue weighted by atomic mass is 32.2. The van der Waals surface area contributed by atoms with Gasteiger partial charge in [-0.1, -0.05) is 0 Å². The molecule has 0 saturated carbocycles. The first-order valence-corrected chi connectivity index (χ1v) is 6.43. The fraction of sp³-hybridized carbons (Fsp3) is 1.00. The molecule has 13 heavy (non-hydrogen) atoms.